The highest BCUT2D eigenvalue weighted by molar-refractivity contribution is 5.81. The molecular weight excluding hydrogens is 383 g/mol. The normalized spacial score (nSPS) is 29.3. The first-order valence-electron chi connectivity index (χ1n) is 10.3. The zero-order chi connectivity index (χ0) is 21.0. The molecule has 1 aromatic rings. The number of methoxy groups -OCH3 is 1. The van der Waals surface area contributed by atoms with E-state index in [0.717, 1.165) is 44.8 Å². The van der Waals surface area contributed by atoms with E-state index in [1.54, 1.807) is 13.0 Å². The molecule has 3 aliphatic rings. The average molecular weight is 411 g/mol. The van der Waals surface area contributed by atoms with Gasteiger partial charge in [-0.3, -0.25) is 4.79 Å². The van der Waals surface area contributed by atoms with Crippen molar-refractivity contribution in [3.8, 4) is 5.75 Å². The summed E-state index contributed by atoms with van der Waals surface area (Å²) in [5.41, 5.74) is -0.559. The number of aliphatic hydroxyl groups is 1. The van der Waals surface area contributed by atoms with Gasteiger partial charge in [-0.25, -0.2) is 0 Å². The standard InChI is InChI=1S/C22H28F3NO3/c1-20(28)10-16(11-20)19(27)26-12-21(13-26)5-3-14(4-6-21)15-7-17(22(23,24)25)9-18(8-15)29-2/h7-9,14,16,28H,3-6,10-13H2,1-2H3. The Morgan fingerprint density at radius 3 is 2.31 bits per heavy atom. The Morgan fingerprint density at radius 1 is 1.17 bits per heavy atom. The van der Waals surface area contributed by atoms with E-state index in [1.807, 2.05) is 4.90 Å². The number of nitrogens with zero attached hydrogens (tertiary/aromatic N) is 1. The number of rotatable bonds is 3. The molecule has 3 fully saturated rings. The van der Waals surface area contributed by atoms with Crippen LogP contribution in [-0.4, -0.2) is 41.7 Å². The molecule has 0 radical (unpaired) electrons. The molecule has 0 aromatic heterocycles. The van der Waals surface area contributed by atoms with Gasteiger partial charge in [0.15, 0.2) is 0 Å². The van der Waals surface area contributed by atoms with E-state index in [4.69, 9.17) is 4.74 Å². The first-order valence-corrected chi connectivity index (χ1v) is 10.3. The average Bonchev–Trinajstić information content (AvgIpc) is 2.62. The molecule has 7 heteroatoms. The number of likely N-dealkylation sites (tertiary alicyclic amines) is 1. The van der Waals surface area contributed by atoms with Crippen LogP contribution in [0.25, 0.3) is 0 Å². The van der Waals surface area contributed by atoms with Crippen LogP contribution in [-0.2, 0) is 11.0 Å². The lowest BCUT2D eigenvalue weighted by atomic mass is 9.63. The van der Waals surface area contributed by atoms with Crippen molar-refractivity contribution in [3.63, 3.8) is 0 Å². The lowest BCUT2D eigenvalue weighted by molar-refractivity contribution is -0.163. The molecule has 1 N–H and O–H groups in total. The summed E-state index contributed by atoms with van der Waals surface area (Å²) in [5, 5.41) is 9.84. The molecule has 0 atom stereocenters. The van der Waals surface area contributed by atoms with E-state index < -0.39 is 17.3 Å². The molecule has 0 bridgehead atoms. The quantitative estimate of drug-likeness (QED) is 0.804. The van der Waals surface area contributed by atoms with Gasteiger partial charge in [-0.05, 0) is 75.1 Å². The van der Waals surface area contributed by atoms with Gasteiger partial charge in [-0.1, -0.05) is 0 Å². The van der Waals surface area contributed by atoms with Crippen LogP contribution in [0.5, 0.6) is 5.75 Å². The van der Waals surface area contributed by atoms with Crippen LogP contribution < -0.4 is 4.74 Å². The molecule has 160 valence electrons. The Balaban J connectivity index is 1.35. The van der Waals surface area contributed by atoms with Crippen molar-refractivity contribution in [1.29, 1.82) is 0 Å². The molecule has 2 aliphatic carbocycles. The second-order valence-corrected chi connectivity index (χ2v) is 9.56. The lowest BCUT2D eigenvalue weighted by Gasteiger charge is -2.55. The van der Waals surface area contributed by atoms with Crippen LogP contribution >= 0.6 is 0 Å². The fourth-order valence-electron chi connectivity index (χ4n) is 5.37. The van der Waals surface area contributed by atoms with Crippen molar-refractivity contribution in [2.75, 3.05) is 20.2 Å². The number of alkyl halides is 3. The second kappa shape index (κ2) is 6.89. The number of halogens is 3. The minimum absolute atomic E-state index is 0.0590. The smallest absolute Gasteiger partial charge is 0.416 e. The van der Waals surface area contributed by atoms with E-state index in [-0.39, 0.29) is 28.9 Å². The topological polar surface area (TPSA) is 49.8 Å². The summed E-state index contributed by atoms with van der Waals surface area (Å²) in [4.78, 5) is 14.4. The van der Waals surface area contributed by atoms with Crippen molar-refractivity contribution in [2.24, 2.45) is 11.3 Å². The van der Waals surface area contributed by atoms with Gasteiger partial charge in [0.1, 0.15) is 5.75 Å². The first-order chi connectivity index (χ1) is 13.5. The number of amides is 1. The molecule has 1 aromatic carbocycles. The number of hydrogen-bond acceptors (Lipinski definition) is 3. The minimum atomic E-state index is -4.39. The number of ether oxygens (including phenoxy) is 1. The maximum Gasteiger partial charge on any atom is 0.416 e. The van der Waals surface area contributed by atoms with Crippen molar-refractivity contribution in [2.45, 2.75) is 63.1 Å². The number of carbonyl (C=O) groups excluding carboxylic acids is 1. The summed E-state index contributed by atoms with van der Waals surface area (Å²) in [5.74, 6) is 0.415. The number of hydrogen-bond donors (Lipinski definition) is 1. The third kappa shape index (κ3) is 3.98. The third-order valence-electron chi connectivity index (χ3n) is 7.10. The predicted molar refractivity (Wildman–Crippen MR) is 102 cm³/mol. The van der Waals surface area contributed by atoms with Crippen LogP contribution in [0.1, 0.15) is 62.5 Å². The Morgan fingerprint density at radius 2 is 1.79 bits per heavy atom. The summed E-state index contributed by atoms with van der Waals surface area (Å²) >= 11 is 0. The van der Waals surface area contributed by atoms with E-state index >= 15 is 0 Å². The van der Waals surface area contributed by atoms with E-state index in [1.165, 1.54) is 13.2 Å². The molecule has 1 heterocycles. The SMILES string of the molecule is COc1cc(C2CCC3(CC2)CN(C(=O)C2CC(C)(O)C2)C3)cc(C(F)(F)F)c1. The highest BCUT2D eigenvalue weighted by atomic mass is 19.4. The van der Waals surface area contributed by atoms with Gasteiger partial charge in [0, 0.05) is 24.4 Å². The Bertz CT molecular complexity index is 781. The second-order valence-electron chi connectivity index (χ2n) is 9.56. The maximum atomic E-state index is 13.2. The highest BCUT2D eigenvalue weighted by Crippen LogP contribution is 2.50. The molecule has 1 amide bonds. The third-order valence-corrected chi connectivity index (χ3v) is 7.10. The maximum absolute atomic E-state index is 13.2. The summed E-state index contributed by atoms with van der Waals surface area (Å²) in [7, 11) is 1.39. The zero-order valence-corrected chi connectivity index (χ0v) is 16.9. The molecular formula is C22H28F3NO3. The fraction of sp³-hybridized carbons (Fsp3) is 0.682. The van der Waals surface area contributed by atoms with Crippen LogP contribution in [0.4, 0.5) is 13.2 Å². The summed E-state index contributed by atoms with van der Waals surface area (Å²) in [6.45, 7) is 3.24. The van der Waals surface area contributed by atoms with Crippen molar-refractivity contribution >= 4 is 5.91 Å². The molecule has 4 rings (SSSR count). The van der Waals surface area contributed by atoms with Crippen LogP contribution in [0.2, 0.25) is 0 Å². The molecule has 29 heavy (non-hydrogen) atoms. The van der Waals surface area contributed by atoms with Gasteiger partial charge in [-0.2, -0.15) is 13.2 Å². The minimum Gasteiger partial charge on any atom is -0.497 e. The van der Waals surface area contributed by atoms with Crippen LogP contribution in [0, 0.1) is 11.3 Å². The number of carbonyl (C=O) groups is 1. The lowest BCUT2D eigenvalue weighted by Crippen LogP contribution is -2.62. The summed E-state index contributed by atoms with van der Waals surface area (Å²) in [6.07, 6.45) is 0.170. The van der Waals surface area contributed by atoms with Crippen LogP contribution in [0.3, 0.4) is 0 Å². The van der Waals surface area contributed by atoms with Crippen LogP contribution in [0.15, 0.2) is 18.2 Å². The summed E-state index contributed by atoms with van der Waals surface area (Å²) < 4.78 is 44.7. The molecule has 0 unspecified atom stereocenters. The van der Waals surface area contributed by atoms with Gasteiger partial charge in [0.05, 0.1) is 18.3 Å². The molecule has 4 nitrogen and oxygen atoms in total. The Labute approximate surface area is 169 Å². The van der Waals surface area contributed by atoms with E-state index in [0.29, 0.717) is 18.4 Å². The molecule has 1 spiro atoms. The Kier molecular flexibility index (Phi) is 4.88. The van der Waals surface area contributed by atoms with Gasteiger partial charge in [0.2, 0.25) is 5.91 Å². The predicted octanol–water partition coefficient (Wildman–Crippen LogP) is 4.36. The number of benzene rings is 1. The molecule has 2 saturated carbocycles. The monoisotopic (exact) mass is 411 g/mol. The van der Waals surface area contributed by atoms with E-state index in [2.05, 4.69) is 0 Å². The van der Waals surface area contributed by atoms with Gasteiger partial charge in [-0.15, -0.1) is 0 Å². The fourth-order valence-corrected chi connectivity index (χ4v) is 5.37. The zero-order valence-electron chi connectivity index (χ0n) is 16.9. The molecule has 1 aliphatic heterocycles. The van der Waals surface area contributed by atoms with Crippen molar-refractivity contribution < 1.29 is 27.8 Å². The van der Waals surface area contributed by atoms with Gasteiger partial charge >= 0.3 is 6.18 Å². The van der Waals surface area contributed by atoms with Gasteiger partial charge < -0.3 is 14.7 Å². The Hall–Kier alpha value is -1.76. The highest BCUT2D eigenvalue weighted by Gasteiger charge is 2.51. The van der Waals surface area contributed by atoms with E-state index in [9.17, 15) is 23.1 Å². The summed E-state index contributed by atoms with van der Waals surface area (Å²) in [6, 6.07) is 4.02. The van der Waals surface area contributed by atoms with Gasteiger partial charge in [0.25, 0.3) is 0 Å². The first kappa shape index (κ1) is 20.5. The van der Waals surface area contributed by atoms with Crippen molar-refractivity contribution in [3.05, 3.63) is 29.3 Å². The largest absolute Gasteiger partial charge is 0.497 e. The molecule has 1 saturated heterocycles. The van der Waals surface area contributed by atoms with Crippen molar-refractivity contribution in [1.82, 2.24) is 4.90 Å².